The number of hydrogen-bond acceptors (Lipinski definition) is 8. The highest BCUT2D eigenvalue weighted by molar-refractivity contribution is 6.41. The molecule has 9 nitrogen and oxygen atoms in total. The molecule has 0 bridgehead atoms. The molecule has 5 rings (SSSR count). The Morgan fingerprint density at radius 3 is 2.44 bits per heavy atom. The van der Waals surface area contributed by atoms with Crippen LogP contribution in [0.25, 0.3) is 22.2 Å². The minimum absolute atomic E-state index is 0.176. The maximum absolute atomic E-state index is 11.8. The molecule has 2 atom stereocenters. The quantitative estimate of drug-likeness (QED) is 0.414. The van der Waals surface area contributed by atoms with Crippen molar-refractivity contribution >= 4 is 46.0 Å². The molecule has 1 saturated carbocycles. The first-order chi connectivity index (χ1) is 17.4. The average Bonchev–Trinajstić information content (AvgIpc) is 3.64. The van der Waals surface area contributed by atoms with Gasteiger partial charge in [-0.2, -0.15) is 0 Å². The van der Waals surface area contributed by atoms with E-state index in [1.807, 2.05) is 6.07 Å². The van der Waals surface area contributed by atoms with Crippen molar-refractivity contribution in [1.29, 1.82) is 0 Å². The van der Waals surface area contributed by atoms with Crippen LogP contribution in [-0.4, -0.2) is 60.4 Å². The third-order valence-electron chi connectivity index (χ3n) is 6.29. The van der Waals surface area contributed by atoms with E-state index in [0.717, 1.165) is 29.4 Å². The molecule has 2 aliphatic rings. The summed E-state index contributed by atoms with van der Waals surface area (Å²) in [6, 6.07) is 3.12. The number of hydrogen-bond donors (Lipinski definition) is 2. The standard InChI is InChI=1S/C25H25Cl2N5O4/c1-4-19(33)29-15-10-36-11-16(15)31-25-28-9-13-7-14(30-23(12-5-6-12)24(13)32-25)20-21(26)17(34-2)8-18(35-3)22(20)27/h4,7-9,12,15-16H,1,5-6,10-11H2,2-3H3,(H,29,33)(H,28,31,32)/t15-,16+/m0/s1. The van der Waals surface area contributed by atoms with E-state index in [9.17, 15) is 4.79 Å². The van der Waals surface area contributed by atoms with E-state index in [1.165, 1.54) is 20.3 Å². The fraction of sp³-hybridized carbons (Fsp3) is 0.360. The van der Waals surface area contributed by atoms with Crippen LogP contribution in [0.2, 0.25) is 10.0 Å². The zero-order chi connectivity index (χ0) is 25.4. The van der Waals surface area contributed by atoms with E-state index in [1.54, 1.807) is 12.3 Å². The van der Waals surface area contributed by atoms with Gasteiger partial charge in [0.1, 0.15) is 11.5 Å². The number of anilines is 1. The van der Waals surface area contributed by atoms with Gasteiger partial charge in [-0.15, -0.1) is 0 Å². The van der Waals surface area contributed by atoms with Crippen molar-refractivity contribution in [3.63, 3.8) is 0 Å². The third kappa shape index (κ3) is 4.66. The number of halogens is 2. The van der Waals surface area contributed by atoms with Crippen molar-refractivity contribution in [3.8, 4) is 22.8 Å². The second-order valence-corrected chi connectivity index (χ2v) is 9.45. The van der Waals surface area contributed by atoms with Gasteiger partial charge in [-0.3, -0.25) is 9.78 Å². The predicted octanol–water partition coefficient (Wildman–Crippen LogP) is 4.37. The van der Waals surface area contributed by atoms with Gasteiger partial charge < -0.3 is 24.8 Å². The van der Waals surface area contributed by atoms with E-state index in [0.29, 0.717) is 52.0 Å². The second-order valence-electron chi connectivity index (χ2n) is 8.69. The van der Waals surface area contributed by atoms with E-state index in [-0.39, 0.29) is 23.9 Å². The molecule has 1 aromatic carbocycles. The van der Waals surface area contributed by atoms with E-state index < -0.39 is 0 Å². The molecule has 3 heterocycles. The highest BCUT2D eigenvalue weighted by Crippen LogP contribution is 2.48. The minimum atomic E-state index is -0.254. The Morgan fingerprint density at radius 2 is 1.81 bits per heavy atom. The SMILES string of the molecule is C=CC(=O)N[C@H]1COC[C@H]1Nc1ncc2cc(-c3c(Cl)c(OC)cc(OC)c3Cl)nc(C3CC3)c2n1. The largest absolute Gasteiger partial charge is 0.495 e. The number of aromatic nitrogens is 3. The van der Waals surface area contributed by atoms with Crippen molar-refractivity contribution in [2.45, 2.75) is 30.8 Å². The number of benzene rings is 1. The number of ether oxygens (including phenoxy) is 3. The third-order valence-corrected chi connectivity index (χ3v) is 7.05. The molecular weight excluding hydrogens is 505 g/mol. The first kappa shape index (κ1) is 24.5. The van der Waals surface area contributed by atoms with Gasteiger partial charge in [-0.05, 0) is 25.0 Å². The maximum atomic E-state index is 11.8. The molecule has 1 saturated heterocycles. The molecule has 2 aromatic heterocycles. The fourth-order valence-electron chi connectivity index (χ4n) is 4.26. The van der Waals surface area contributed by atoms with Crippen LogP contribution in [0, 0.1) is 0 Å². The van der Waals surface area contributed by atoms with Crippen LogP contribution >= 0.6 is 23.2 Å². The molecule has 2 N–H and O–H groups in total. The molecule has 1 amide bonds. The lowest BCUT2D eigenvalue weighted by molar-refractivity contribution is -0.117. The van der Waals surface area contributed by atoms with Gasteiger partial charge in [0.15, 0.2) is 0 Å². The number of pyridine rings is 1. The maximum Gasteiger partial charge on any atom is 0.243 e. The summed E-state index contributed by atoms with van der Waals surface area (Å²) < 4.78 is 16.4. The minimum Gasteiger partial charge on any atom is -0.495 e. The molecule has 2 fully saturated rings. The van der Waals surface area contributed by atoms with Crippen molar-refractivity contribution < 1.29 is 19.0 Å². The first-order valence-electron chi connectivity index (χ1n) is 11.5. The molecule has 3 aromatic rings. The lowest BCUT2D eigenvalue weighted by atomic mass is 10.1. The van der Waals surface area contributed by atoms with Crippen LogP contribution in [0.5, 0.6) is 11.5 Å². The van der Waals surface area contributed by atoms with E-state index in [4.69, 9.17) is 47.4 Å². The van der Waals surface area contributed by atoms with Crippen molar-refractivity contribution in [2.75, 3.05) is 32.8 Å². The van der Waals surface area contributed by atoms with Gasteiger partial charge in [-0.25, -0.2) is 9.97 Å². The summed E-state index contributed by atoms with van der Waals surface area (Å²) in [6.45, 7) is 4.32. The van der Waals surface area contributed by atoms with Crippen LogP contribution in [0.4, 0.5) is 5.95 Å². The molecule has 1 aliphatic carbocycles. The van der Waals surface area contributed by atoms with Crippen LogP contribution in [0.3, 0.4) is 0 Å². The normalized spacial score (nSPS) is 19.2. The summed E-state index contributed by atoms with van der Waals surface area (Å²) in [5.74, 6) is 1.35. The number of methoxy groups -OCH3 is 2. The second kappa shape index (κ2) is 10.1. The lowest BCUT2D eigenvalue weighted by Crippen LogP contribution is -2.45. The Hall–Kier alpha value is -3.14. The zero-order valence-electron chi connectivity index (χ0n) is 19.8. The lowest BCUT2D eigenvalue weighted by Gasteiger charge is -2.20. The van der Waals surface area contributed by atoms with Gasteiger partial charge in [0.2, 0.25) is 11.9 Å². The molecule has 11 heteroatoms. The van der Waals surface area contributed by atoms with Crippen LogP contribution < -0.4 is 20.1 Å². The summed E-state index contributed by atoms with van der Waals surface area (Å²) >= 11 is 13.3. The Balaban J connectivity index is 1.54. The van der Waals surface area contributed by atoms with E-state index >= 15 is 0 Å². The van der Waals surface area contributed by atoms with Crippen molar-refractivity contribution in [1.82, 2.24) is 20.3 Å². The van der Waals surface area contributed by atoms with Gasteiger partial charge in [0, 0.05) is 29.1 Å². The number of fused-ring (bicyclic) bond motifs is 1. The van der Waals surface area contributed by atoms with Gasteiger partial charge in [0.05, 0.1) is 66.5 Å². The molecule has 1 aliphatic heterocycles. The molecule has 0 radical (unpaired) electrons. The molecule has 0 unspecified atom stereocenters. The fourth-order valence-corrected chi connectivity index (χ4v) is 4.95. The Bertz CT molecular complexity index is 1320. The number of nitrogens with one attached hydrogen (secondary N) is 2. The number of rotatable bonds is 8. The van der Waals surface area contributed by atoms with Crippen LogP contribution in [0.15, 0.2) is 31.0 Å². The van der Waals surface area contributed by atoms with Crippen molar-refractivity contribution in [2.24, 2.45) is 0 Å². The van der Waals surface area contributed by atoms with Gasteiger partial charge in [-0.1, -0.05) is 29.8 Å². The number of nitrogens with zero attached hydrogens (tertiary/aromatic N) is 3. The van der Waals surface area contributed by atoms with Gasteiger partial charge in [0.25, 0.3) is 0 Å². The van der Waals surface area contributed by atoms with Gasteiger partial charge >= 0.3 is 0 Å². The molecule has 36 heavy (non-hydrogen) atoms. The number of carbonyl (C=O) groups is 1. The Labute approximate surface area is 218 Å². The van der Waals surface area contributed by atoms with Crippen LogP contribution in [0.1, 0.15) is 24.5 Å². The number of amides is 1. The Morgan fingerprint density at radius 1 is 1.11 bits per heavy atom. The summed E-state index contributed by atoms with van der Waals surface area (Å²) in [5.41, 5.74) is 2.74. The Kier molecular flexibility index (Phi) is 6.87. The topological polar surface area (TPSA) is 107 Å². The highest BCUT2D eigenvalue weighted by Gasteiger charge is 2.32. The predicted molar refractivity (Wildman–Crippen MR) is 138 cm³/mol. The summed E-state index contributed by atoms with van der Waals surface area (Å²) in [7, 11) is 3.07. The first-order valence-corrected chi connectivity index (χ1v) is 12.2. The molecule has 188 valence electrons. The summed E-state index contributed by atoms with van der Waals surface area (Å²) in [6.07, 6.45) is 5.03. The summed E-state index contributed by atoms with van der Waals surface area (Å²) in [5, 5.41) is 7.68. The monoisotopic (exact) mass is 529 g/mol. The molecule has 0 spiro atoms. The van der Waals surface area contributed by atoms with Crippen LogP contribution in [-0.2, 0) is 9.53 Å². The van der Waals surface area contributed by atoms with E-state index in [2.05, 4.69) is 22.2 Å². The highest BCUT2D eigenvalue weighted by atomic mass is 35.5. The average molecular weight is 530 g/mol. The summed E-state index contributed by atoms with van der Waals surface area (Å²) in [4.78, 5) is 26.0. The smallest absolute Gasteiger partial charge is 0.243 e. The number of carbonyl (C=O) groups excluding carboxylic acids is 1. The zero-order valence-corrected chi connectivity index (χ0v) is 21.3. The molecular formula is C25H25Cl2N5O4. The van der Waals surface area contributed by atoms with Crippen molar-refractivity contribution in [3.05, 3.63) is 46.7 Å².